The molecule has 8 nitrogen and oxygen atoms in total. The average Bonchev–Trinajstić information content (AvgIpc) is 3.61. The summed E-state index contributed by atoms with van der Waals surface area (Å²) in [6.45, 7) is 24.0. The van der Waals surface area contributed by atoms with Crippen LogP contribution >= 0.6 is 0 Å². The lowest BCUT2D eigenvalue weighted by molar-refractivity contribution is -0.250. The number of aliphatic hydroxyl groups excluding tert-OH is 1. The molecule has 0 aromatic heterocycles. The summed E-state index contributed by atoms with van der Waals surface area (Å²) in [5.74, 6) is 1.15. The van der Waals surface area contributed by atoms with Crippen LogP contribution in [-0.4, -0.2) is 89.2 Å². The lowest BCUT2D eigenvalue weighted by Gasteiger charge is -2.64. The number of hydrogen-bond donors (Lipinski definition) is 2. The predicted molar refractivity (Wildman–Crippen MR) is 179 cm³/mol. The van der Waals surface area contributed by atoms with Gasteiger partial charge in [0, 0.05) is 31.5 Å². The Bertz CT molecular complexity index is 1230. The predicted octanol–water partition coefficient (Wildman–Crippen LogP) is 5.95. The maximum absolute atomic E-state index is 12.6. The normalized spacial score (nSPS) is 51.2. The third-order valence-electron chi connectivity index (χ3n) is 16.2. The van der Waals surface area contributed by atoms with Crippen molar-refractivity contribution < 1.29 is 34.0 Å². The van der Waals surface area contributed by atoms with E-state index in [0.717, 1.165) is 39.0 Å². The molecule has 5 saturated carbocycles. The van der Waals surface area contributed by atoms with Crippen LogP contribution in [0.3, 0.4) is 0 Å². The molecule has 2 spiro atoms. The highest BCUT2D eigenvalue weighted by molar-refractivity contribution is 5.66. The number of fused-ring (bicyclic) bond motifs is 4. The van der Waals surface area contributed by atoms with E-state index in [-0.39, 0.29) is 52.0 Å². The van der Waals surface area contributed by atoms with E-state index in [2.05, 4.69) is 53.4 Å². The van der Waals surface area contributed by atoms with Crippen molar-refractivity contribution in [3.05, 3.63) is 0 Å². The largest absolute Gasteiger partial charge is 0.457 e. The molecule has 2 heterocycles. The smallest absolute Gasteiger partial charge is 0.303 e. The Balaban J connectivity index is 1.13. The molecule has 5 aliphatic carbocycles. The Morgan fingerprint density at radius 2 is 1.70 bits per heavy atom. The number of nitrogens with zero attached hydrogens (tertiary/aromatic N) is 1. The van der Waals surface area contributed by atoms with E-state index in [1.54, 1.807) is 13.8 Å². The molecule has 268 valence electrons. The number of morpholine rings is 1. The summed E-state index contributed by atoms with van der Waals surface area (Å²) in [6.07, 6.45) is 6.85. The maximum Gasteiger partial charge on any atom is 0.303 e. The van der Waals surface area contributed by atoms with Gasteiger partial charge in [0.05, 0.1) is 36.6 Å². The van der Waals surface area contributed by atoms with Gasteiger partial charge in [0.2, 0.25) is 0 Å². The third-order valence-corrected chi connectivity index (χ3v) is 16.2. The molecule has 0 radical (unpaired) electrons. The molecule has 7 rings (SSSR count). The first kappa shape index (κ1) is 34.7. The lowest BCUT2D eigenvalue weighted by atomic mass is 9.41. The molecular weight excluding hydrogens is 594 g/mol. The van der Waals surface area contributed by atoms with Crippen molar-refractivity contribution in [2.24, 2.45) is 50.7 Å². The minimum atomic E-state index is -1.25. The van der Waals surface area contributed by atoms with Gasteiger partial charge in [-0.2, -0.15) is 0 Å². The minimum absolute atomic E-state index is 0.0455. The molecule has 0 aromatic rings. The van der Waals surface area contributed by atoms with E-state index >= 15 is 0 Å². The van der Waals surface area contributed by atoms with Gasteiger partial charge in [0.1, 0.15) is 0 Å². The molecule has 0 aromatic carbocycles. The molecule has 2 saturated heterocycles. The molecule has 0 amide bonds. The van der Waals surface area contributed by atoms with Crippen molar-refractivity contribution in [2.75, 3.05) is 19.7 Å². The summed E-state index contributed by atoms with van der Waals surface area (Å²) in [4.78, 5) is 14.6. The van der Waals surface area contributed by atoms with Crippen molar-refractivity contribution in [1.29, 1.82) is 0 Å². The van der Waals surface area contributed by atoms with Crippen LogP contribution in [0.4, 0.5) is 0 Å². The van der Waals surface area contributed by atoms with Gasteiger partial charge in [-0.1, -0.05) is 34.6 Å². The van der Waals surface area contributed by atoms with Gasteiger partial charge in [0.15, 0.2) is 12.4 Å². The Morgan fingerprint density at radius 1 is 1.02 bits per heavy atom. The molecule has 2 aliphatic heterocycles. The van der Waals surface area contributed by atoms with Gasteiger partial charge in [-0.15, -0.1) is 0 Å². The van der Waals surface area contributed by atoms with Crippen LogP contribution in [-0.2, 0) is 23.7 Å². The average molecular weight is 660 g/mol. The fourth-order valence-electron chi connectivity index (χ4n) is 14.0. The number of aliphatic hydroxyl groups is 2. The van der Waals surface area contributed by atoms with Crippen LogP contribution in [0.2, 0.25) is 0 Å². The molecule has 2 N–H and O–H groups in total. The van der Waals surface area contributed by atoms with E-state index in [0.29, 0.717) is 29.7 Å². The van der Waals surface area contributed by atoms with Crippen LogP contribution < -0.4 is 0 Å². The van der Waals surface area contributed by atoms with Crippen LogP contribution in [0.1, 0.15) is 121 Å². The first-order chi connectivity index (χ1) is 21.8. The standard InChI is InChI=1S/C39H65NO7/c1-22(2)40-17-18-44-29(20-40)47-28-13-14-38-21-39(38)16-15-36(9)30-23(3)19-25(33(35(7,8)43)45-24(4)41)46-31(30)32(42)37(36,10)27(39)12-11-26(38)34(28,5)6/h22-23,25-33,42-43H,11-21H2,1-10H3/t23-,25?,26+,27?,28?,29+,30+,31?,32+,33+,36-,37-,38-,39+/m1/s1. The van der Waals surface area contributed by atoms with Crippen molar-refractivity contribution in [3.8, 4) is 0 Å². The van der Waals surface area contributed by atoms with E-state index in [1.807, 2.05) is 0 Å². The Morgan fingerprint density at radius 3 is 2.36 bits per heavy atom. The fraction of sp³-hybridized carbons (Fsp3) is 0.974. The zero-order valence-corrected chi connectivity index (χ0v) is 31.0. The third kappa shape index (κ3) is 4.76. The highest BCUT2D eigenvalue weighted by Crippen LogP contribution is 2.89. The summed E-state index contributed by atoms with van der Waals surface area (Å²) in [7, 11) is 0. The molecule has 7 fully saturated rings. The Hall–Kier alpha value is -0.770. The van der Waals surface area contributed by atoms with Crippen molar-refractivity contribution in [3.63, 3.8) is 0 Å². The second-order valence-corrected chi connectivity index (χ2v) is 19.3. The van der Waals surface area contributed by atoms with Crippen molar-refractivity contribution in [2.45, 2.75) is 169 Å². The van der Waals surface area contributed by atoms with Crippen LogP contribution in [0, 0.1) is 50.7 Å². The molecule has 0 bridgehead atoms. The summed E-state index contributed by atoms with van der Waals surface area (Å²) in [5, 5.41) is 23.6. The number of esters is 1. The van der Waals surface area contributed by atoms with Crippen LogP contribution in [0.15, 0.2) is 0 Å². The van der Waals surface area contributed by atoms with Gasteiger partial charge < -0.3 is 29.2 Å². The first-order valence-corrected chi connectivity index (χ1v) is 19.1. The second-order valence-electron chi connectivity index (χ2n) is 19.3. The van der Waals surface area contributed by atoms with E-state index in [4.69, 9.17) is 18.9 Å². The molecular formula is C39H65NO7. The molecule has 7 aliphatic rings. The molecule has 8 heteroatoms. The number of carbonyl (C=O) groups is 1. The lowest BCUT2D eigenvalue weighted by Crippen LogP contribution is -2.60. The highest BCUT2D eigenvalue weighted by Gasteiger charge is 2.84. The zero-order chi connectivity index (χ0) is 34.1. The van der Waals surface area contributed by atoms with E-state index in [9.17, 15) is 15.0 Å². The monoisotopic (exact) mass is 659 g/mol. The van der Waals surface area contributed by atoms with Gasteiger partial charge in [0.25, 0.3) is 0 Å². The van der Waals surface area contributed by atoms with Crippen molar-refractivity contribution >= 4 is 5.97 Å². The van der Waals surface area contributed by atoms with Crippen LogP contribution in [0.5, 0.6) is 0 Å². The van der Waals surface area contributed by atoms with Crippen molar-refractivity contribution in [1.82, 2.24) is 4.90 Å². The maximum atomic E-state index is 12.6. The van der Waals surface area contributed by atoms with Gasteiger partial charge in [-0.25, -0.2) is 0 Å². The fourth-order valence-corrected chi connectivity index (χ4v) is 14.0. The SMILES string of the molecule is CC(=O)O[C@@H](C1C[C@@H](C)[C@H]2C(O1)[C@H](O)[C@@]1(C)C3CC[C@H]4C(C)(C)C(O[C@H]5CN(C(C)C)CCO5)CC[C@@]45C[C@@]35CC[C@]21C)C(C)(C)O. The minimum Gasteiger partial charge on any atom is -0.457 e. The molecule has 47 heavy (non-hydrogen) atoms. The highest BCUT2D eigenvalue weighted by atomic mass is 16.7. The van der Waals surface area contributed by atoms with E-state index < -0.39 is 29.9 Å². The summed E-state index contributed by atoms with van der Waals surface area (Å²) in [5.41, 5.74) is -0.902. The summed E-state index contributed by atoms with van der Waals surface area (Å²) >= 11 is 0. The summed E-state index contributed by atoms with van der Waals surface area (Å²) in [6, 6.07) is 0.499. The first-order valence-electron chi connectivity index (χ1n) is 19.1. The van der Waals surface area contributed by atoms with Gasteiger partial charge >= 0.3 is 5.97 Å². The number of ether oxygens (including phenoxy) is 4. The second kappa shape index (κ2) is 11.1. The summed E-state index contributed by atoms with van der Waals surface area (Å²) < 4.78 is 25.6. The topological polar surface area (TPSA) is 97.7 Å². The van der Waals surface area contributed by atoms with E-state index in [1.165, 1.54) is 32.6 Å². The van der Waals surface area contributed by atoms with Gasteiger partial charge in [-0.05, 0) is 124 Å². The number of carbonyl (C=O) groups excluding carboxylic acids is 1. The quantitative estimate of drug-likeness (QED) is 0.338. The molecule has 4 unspecified atom stereocenters. The molecule has 14 atom stereocenters. The van der Waals surface area contributed by atoms with Crippen LogP contribution in [0.25, 0.3) is 0 Å². The number of rotatable bonds is 6. The Kier molecular flexibility index (Phi) is 8.20. The number of hydrogen-bond acceptors (Lipinski definition) is 8. The zero-order valence-electron chi connectivity index (χ0n) is 31.0. The Labute approximate surface area is 284 Å². The van der Waals surface area contributed by atoms with Gasteiger partial charge in [-0.3, -0.25) is 9.69 Å².